The molecule has 1 aromatic heterocycles. The van der Waals surface area contributed by atoms with Gasteiger partial charge in [-0.05, 0) is 71.3 Å². The number of nitrogens with zero attached hydrogens (tertiary/aromatic N) is 3. The number of carbonyl (C=O) groups is 1. The number of hydrogen-bond acceptors (Lipinski definition) is 4. The molecule has 35 heavy (non-hydrogen) atoms. The van der Waals surface area contributed by atoms with Crippen molar-refractivity contribution in [2.45, 2.75) is 58.2 Å². The van der Waals surface area contributed by atoms with Gasteiger partial charge in [-0.1, -0.05) is 41.9 Å². The molecule has 2 aromatic carbocycles. The van der Waals surface area contributed by atoms with Crippen LogP contribution in [-0.4, -0.2) is 53.5 Å². The van der Waals surface area contributed by atoms with Gasteiger partial charge < -0.3 is 20.1 Å². The maximum Gasteiger partial charge on any atom is 0.251 e. The van der Waals surface area contributed by atoms with Crippen molar-refractivity contribution < 1.29 is 4.79 Å². The van der Waals surface area contributed by atoms with E-state index >= 15 is 0 Å². The van der Waals surface area contributed by atoms with Crippen molar-refractivity contribution >= 4 is 23.2 Å². The number of H-pyrrole nitrogens is 1. The molecule has 186 valence electrons. The number of amides is 1. The van der Waals surface area contributed by atoms with E-state index in [1.54, 1.807) is 12.4 Å². The quantitative estimate of drug-likeness (QED) is 0.424. The molecule has 0 saturated heterocycles. The fraction of sp³-hybridized carbons (Fsp3) is 0.429. The molecule has 7 heteroatoms. The molecule has 6 nitrogen and oxygen atoms in total. The summed E-state index contributed by atoms with van der Waals surface area (Å²) in [6.45, 7) is 5.45. The topological polar surface area (TPSA) is 64.3 Å². The van der Waals surface area contributed by atoms with E-state index in [-0.39, 0.29) is 5.91 Å². The smallest absolute Gasteiger partial charge is 0.251 e. The SMILES string of the molecule is CCN(c1cc(Cl)cc(C(=O)NCc2[nH]cnc2-c2ccccc2)c1C)C1CCC(N(C)C)CC1. The average molecular weight is 494 g/mol. The first-order chi connectivity index (χ1) is 16.9. The second-order valence-electron chi connectivity index (χ2n) is 9.59. The molecule has 1 aliphatic rings. The van der Waals surface area contributed by atoms with E-state index in [1.165, 1.54) is 12.8 Å². The van der Waals surface area contributed by atoms with Gasteiger partial charge in [0.2, 0.25) is 0 Å². The van der Waals surface area contributed by atoms with Crippen LogP contribution in [0.25, 0.3) is 11.3 Å². The molecule has 4 rings (SSSR count). The van der Waals surface area contributed by atoms with Crippen LogP contribution in [0.1, 0.15) is 54.2 Å². The summed E-state index contributed by atoms with van der Waals surface area (Å²) in [7, 11) is 4.33. The van der Waals surface area contributed by atoms with E-state index in [0.717, 1.165) is 47.6 Å². The van der Waals surface area contributed by atoms with Gasteiger partial charge in [0, 0.05) is 40.5 Å². The highest BCUT2D eigenvalue weighted by molar-refractivity contribution is 6.31. The Morgan fingerprint density at radius 1 is 1.11 bits per heavy atom. The maximum absolute atomic E-state index is 13.3. The van der Waals surface area contributed by atoms with Crippen molar-refractivity contribution in [1.29, 1.82) is 0 Å². The van der Waals surface area contributed by atoms with E-state index in [2.05, 4.69) is 46.1 Å². The van der Waals surface area contributed by atoms with Gasteiger partial charge in [-0.3, -0.25) is 4.79 Å². The first-order valence-electron chi connectivity index (χ1n) is 12.5. The molecular weight excluding hydrogens is 458 g/mol. The number of nitrogens with one attached hydrogen (secondary N) is 2. The Labute approximate surface area is 213 Å². The van der Waals surface area contributed by atoms with Crippen LogP contribution < -0.4 is 10.2 Å². The zero-order valence-corrected chi connectivity index (χ0v) is 21.9. The van der Waals surface area contributed by atoms with Crippen molar-refractivity contribution in [1.82, 2.24) is 20.2 Å². The van der Waals surface area contributed by atoms with Gasteiger partial charge >= 0.3 is 0 Å². The lowest BCUT2D eigenvalue weighted by Crippen LogP contribution is -2.42. The van der Waals surface area contributed by atoms with Crippen molar-refractivity contribution in [3.05, 3.63) is 70.6 Å². The number of halogens is 1. The molecule has 1 fully saturated rings. The third-order valence-electron chi connectivity index (χ3n) is 7.27. The number of rotatable bonds is 8. The highest BCUT2D eigenvalue weighted by Gasteiger charge is 2.28. The molecule has 0 atom stereocenters. The summed E-state index contributed by atoms with van der Waals surface area (Å²) in [6.07, 6.45) is 6.33. The number of anilines is 1. The zero-order valence-electron chi connectivity index (χ0n) is 21.1. The monoisotopic (exact) mass is 493 g/mol. The van der Waals surface area contributed by atoms with E-state index in [9.17, 15) is 4.79 Å². The molecular formula is C28H36ClN5O. The zero-order chi connectivity index (χ0) is 24.9. The van der Waals surface area contributed by atoms with Crippen LogP contribution in [0.3, 0.4) is 0 Å². The lowest BCUT2D eigenvalue weighted by Gasteiger charge is -2.40. The second kappa shape index (κ2) is 11.3. The first kappa shape index (κ1) is 25.3. The second-order valence-corrected chi connectivity index (χ2v) is 10.0. The average Bonchev–Trinajstić information content (AvgIpc) is 3.34. The van der Waals surface area contributed by atoms with Crippen LogP contribution in [0, 0.1) is 6.92 Å². The summed E-state index contributed by atoms with van der Waals surface area (Å²) in [5.41, 5.74) is 5.38. The Morgan fingerprint density at radius 3 is 2.46 bits per heavy atom. The summed E-state index contributed by atoms with van der Waals surface area (Å²) in [4.78, 5) is 25.7. The molecule has 1 heterocycles. The van der Waals surface area contributed by atoms with E-state index in [4.69, 9.17) is 11.6 Å². The summed E-state index contributed by atoms with van der Waals surface area (Å²) >= 11 is 6.55. The highest BCUT2D eigenvalue weighted by atomic mass is 35.5. The Morgan fingerprint density at radius 2 is 1.80 bits per heavy atom. The van der Waals surface area contributed by atoms with Gasteiger partial charge in [0.1, 0.15) is 0 Å². The molecule has 0 aliphatic heterocycles. The Kier molecular flexibility index (Phi) is 8.14. The van der Waals surface area contributed by atoms with Gasteiger partial charge in [0.15, 0.2) is 0 Å². The summed E-state index contributed by atoms with van der Waals surface area (Å²) in [6, 6.07) is 14.9. The van der Waals surface area contributed by atoms with Crippen LogP contribution >= 0.6 is 11.6 Å². The fourth-order valence-corrected chi connectivity index (χ4v) is 5.49. The molecule has 0 bridgehead atoms. The molecule has 1 saturated carbocycles. The van der Waals surface area contributed by atoms with Gasteiger partial charge in [-0.15, -0.1) is 0 Å². The molecule has 1 amide bonds. The lowest BCUT2D eigenvalue weighted by molar-refractivity contribution is 0.0950. The Bertz CT molecular complexity index is 1140. The minimum Gasteiger partial charge on any atom is -0.369 e. The number of hydrogen-bond donors (Lipinski definition) is 2. The maximum atomic E-state index is 13.3. The number of aromatic amines is 1. The number of imidazole rings is 1. The van der Waals surface area contributed by atoms with Crippen LogP contribution in [0.15, 0.2) is 48.8 Å². The number of carbonyl (C=O) groups excluding carboxylic acids is 1. The largest absolute Gasteiger partial charge is 0.369 e. The third kappa shape index (κ3) is 5.71. The predicted molar refractivity (Wildman–Crippen MR) is 144 cm³/mol. The lowest BCUT2D eigenvalue weighted by atomic mass is 9.89. The summed E-state index contributed by atoms with van der Waals surface area (Å²) in [5.74, 6) is -0.132. The van der Waals surface area contributed by atoms with Crippen molar-refractivity contribution in [2.24, 2.45) is 0 Å². The summed E-state index contributed by atoms with van der Waals surface area (Å²) < 4.78 is 0. The van der Waals surface area contributed by atoms with E-state index in [0.29, 0.717) is 29.2 Å². The van der Waals surface area contributed by atoms with Gasteiger partial charge in [-0.25, -0.2) is 4.98 Å². The van der Waals surface area contributed by atoms with Crippen molar-refractivity contribution in [2.75, 3.05) is 25.5 Å². The standard InChI is InChI=1S/C28H36ClN5O/c1-5-34(23-13-11-22(12-14-23)33(3)4)26-16-21(29)15-24(19(26)2)28(35)30-17-25-27(32-18-31-25)20-9-7-6-8-10-20/h6-10,15-16,18,22-23H,5,11-14,17H2,1-4H3,(H,30,35)(H,31,32). The fourth-order valence-electron chi connectivity index (χ4n) is 5.27. The van der Waals surface area contributed by atoms with Crippen LogP contribution in [0.4, 0.5) is 5.69 Å². The van der Waals surface area contributed by atoms with E-state index < -0.39 is 0 Å². The Balaban J connectivity index is 1.51. The minimum atomic E-state index is -0.132. The van der Waals surface area contributed by atoms with Crippen LogP contribution in [0.2, 0.25) is 5.02 Å². The highest BCUT2D eigenvalue weighted by Crippen LogP contribution is 2.34. The predicted octanol–water partition coefficient (Wildman–Crippen LogP) is 5.67. The molecule has 3 aromatic rings. The third-order valence-corrected chi connectivity index (χ3v) is 7.49. The van der Waals surface area contributed by atoms with Gasteiger partial charge in [-0.2, -0.15) is 0 Å². The summed E-state index contributed by atoms with van der Waals surface area (Å²) in [5, 5.41) is 3.65. The first-order valence-corrected chi connectivity index (χ1v) is 12.9. The van der Waals surface area contributed by atoms with Crippen molar-refractivity contribution in [3.8, 4) is 11.3 Å². The normalized spacial score (nSPS) is 18.0. The van der Waals surface area contributed by atoms with E-state index in [1.807, 2.05) is 43.3 Å². The molecule has 0 spiro atoms. The van der Waals surface area contributed by atoms with Crippen LogP contribution in [-0.2, 0) is 6.54 Å². The Hall–Kier alpha value is -2.83. The van der Waals surface area contributed by atoms with Gasteiger partial charge in [0.05, 0.1) is 24.3 Å². The van der Waals surface area contributed by atoms with Gasteiger partial charge in [0.25, 0.3) is 5.91 Å². The molecule has 2 N–H and O–H groups in total. The number of benzene rings is 2. The molecule has 0 radical (unpaired) electrons. The van der Waals surface area contributed by atoms with Crippen molar-refractivity contribution in [3.63, 3.8) is 0 Å². The number of aromatic nitrogens is 2. The molecule has 0 unspecified atom stereocenters. The van der Waals surface area contributed by atoms with Crippen LogP contribution in [0.5, 0.6) is 0 Å². The molecule has 1 aliphatic carbocycles. The minimum absolute atomic E-state index is 0.132.